The topological polar surface area (TPSA) is 74.5 Å². The van der Waals surface area contributed by atoms with Crippen LogP contribution in [-0.2, 0) is 4.74 Å². The van der Waals surface area contributed by atoms with E-state index >= 15 is 0 Å². The first-order valence-electron chi connectivity index (χ1n) is 6.26. The van der Waals surface area contributed by atoms with Crippen LogP contribution >= 0.6 is 11.8 Å². The van der Waals surface area contributed by atoms with Crippen LogP contribution in [0.3, 0.4) is 0 Å². The van der Waals surface area contributed by atoms with Gasteiger partial charge in [-0.05, 0) is 30.9 Å². The van der Waals surface area contributed by atoms with Crippen LogP contribution in [0.5, 0.6) is 0 Å². The van der Waals surface area contributed by atoms with E-state index in [0.717, 1.165) is 12.8 Å². The van der Waals surface area contributed by atoms with Crippen molar-refractivity contribution >= 4 is 28.6 Å². The van der Waals surface area contributed by atoms with Gasteiger partial charge in [0.1, 0.15) is 0 Å². The fraction of sp³-hybridized carbons (Fsp3) is 0.357. The molecule has 0 bridgehead atoms. The SMILES string of the molecule is CCCCOC(=O)c1cccc(N=C(NC#N)SC)c1. The minimum absolute atomic E-state index is 0.352. The molecule has 0 aliphatic rings. The Hall–Kier alpha value is -2.00. The summed E-state index contributed by atoms with van der Waals surface area (Å²) in [5.41, 5.74) is 1.06. The van der Waals surface area contributed by atoms with Crippen molar-refractivity contribution in [2.24, 2.45) is 4.99 Å². The van der Waals surface area contributed by atoms with E-state index in [0.29, 0.717) is 23.0 Å². The van der Waals surface area contributed by atoms with Gasteiger partial charge in [0.2, 0.25) is 0 Å². The van der Waals surface area contributed by atoms with Gasteiger partial charge in [0.25, 0.3) is 0 Å². The number of aliphatic imine (C=N–C) groups is 1. The summed E-state index contributed by atoms with van der Waals surface area (Å²) in [4.78, 5) is 16.1. The molecule has 0 saturated heterocycles. The number of hydrogen-bond donors (Lipinski definition) is 1. The molecule has 0 heterocycles. The smallest absolute Gasteiger partial charge is 0.338 e. The summed E-state index contributed by atoms with van der Waals surface area (Å²) in [5, 5.41) is 11.5. The van der Waals surface area contributed by atoms with Crippen molar-refractivity contribution in [3.8, 4) is 6.19 Å². The zero-order valence-corrected chi connectivity index (χ0v) is 12.4. The van der Waals surface area contributed by atoms with Crippen molar-refractivity contribution < 1.29 is 9.53 Å². The second-order valence-electron chi connectivity index (χ2n) is 3.90. The van der Waals surface area contributed by atoms with Crippen LogP contribution in [0.1, 0.15) is 30.1 Å². The molecule has 0 radical (unpaired) electrons. The van der Waals surface area contributed by atoms with Crippen LogP contribution in [-0.4, -0.2) is 24.0 Å². The molecule has 1 aromatic carbocycles. The lowest BCUT2D eigenvalue weighted by molar-refractivity contribution is 0.0500. The molecular weight excluding hydrogens is 274 g/mol. The Morgan fingerprint density at radius 2 is 2.35 bits per heavy atom. The molecule has 5 nitrogen and oxygen atoms in total. The first kappa shape index (κ1) is 16.1. The normalized spacial score (nSPS) is 10.8. The summed E-state index contributed by atoms with van der Waals surface area (Å²) >= 11 is 1.32. The van der Waals surface area contributed by atoms with Crippen molar-refractivity contribution in [1.29, 1.82) is 5.26 Å². The maximum Gasteiger partial charge on any atom is 0.338 e. The number of nitrogens with one attached hydrogen (secondary N) is 1. The Bertz CT molecular complexity index is 523. The molecule has 1 aromatic rings. The van der Waals surface area contributed by atoms with Crippen LogP contribution < -0.4 is 5.32 Å². The molecular formula is C14H17N3O2S. The number of benzene rings is 1. The Morgan fingerprint density at radius 3 is 3.00 bits per heavy atom. The highest BCUT2D eigenvalue weighted by molar-refractivity contribution is 8.13. The predicted molar refractivity (Wildman–Crippen MR) is 81.0 cm³/mol. The number of carbonyl (C=O) groups excluding carboxylic acids is 1. The fourth-order valence-electron chi connectivity index (χ4n) is 1.38. The Kier molecular flexibility index (Phi) is 7.22. The number of amidine groups is 1. The van der Waals surface area contributed by atoms with Crippen molar-refractivity contribution in [3.63, 3.8) is 0 Å². The number of thioether (sulfide) groups is 1. The van der Waals surface area contributed by atoms with Gasteiger partial charge < -0.3 is 4.74 Å². The Balaban J connectivity index is 2.80. The van der Waals surface area contributed by atoms with Crippen molar-refractivity contribution in [1.82, 2.24) is 5.32 Å². The van der Waals surface area contributed by atoms with Crippen LogP contribution in [0.4, 0.5) is 5.69 Å². The lowest BCUT2D eigenvalue weighted by Crippen LogP contribution is -2.12. The molecule has 0 unspecified atom stereocenters. The first-order valence-corrected chi connectivity index (χ1v) is 7.48. The van der Waals surface area contributed by atoms with Crippen molar-refractivity contribution in [2.45, 2.75) is 19.8 Å². The van der Waals surface area contributed by atoms with Gasteiger partial charge in [-0.2, -0.15) is 5.26 Å². The third kappa shape index (κ3) is 5.33. The van der Waals surface area contributed by atoms with E-state index in [2.05, 4.69) is 10.3 Å². The van der Waals surface area contributed by atoms with Crippen molar-refractivity contribution in [2.75, 3.05) is 12.9 Å². The lowest BCUT2D eigenvalue weighted by Gasteiger charge is -2.05. The highest BCUT2D eigenvalue weighted by Crippen LogP contribution is 2.16. The zero-order chi connectivity index (χ0) is 14.8. The number of nitriles is 1. The number of esters is 1. The van der Waals surface area contributed by atoms with Gasteiger partial charge in [0.15, 0.2) is 11.4 Å². The zero-order valence-electron chi connectivity index (χ0n) is 11.5. The molecule has 0 aromatic heterocycles. The van der Waals surface area contributed by atoms with E-state index < -0.39 is 0 Å². The Labute approximate surface area is 123 Å². The monoisotopic (exact) mass is 291 g/mol. The number of rotatable bonds is 5. The van der Waals surface area contributed by atoms with E-state index in [9.17, 15) is 4.79 Å². The highest BCUT2D eigenvalue weighted by Gasteiger charge is 2.07. The van der Waals surface area contributed by atoms with Gasteiger partial charge in [-0.15, -0.1) is 0 Å². The molecule has 6 heteroatoms. The number of hydrogen-bond acceptors (Lipinski definition) is 5. The second kappa shape index (κ2) is 8.99. The summed E-state index contributed by atoms with van der Waals surface area (Å²) in [6, 6.07) is 6.82. The van der Waals surface area contributed by atoms with Gasteiger partial charge in [0, 0.05) is 0 Å². The second-order valence-corrected chi connectivity index (χ2v) is 4.69. The van der Waals surface area contributed by atoms with Crippen LogP contribution in [0.2, 0.25) is 0 Å². The third-order valence-electron chi connectivity index (χ3n) is 2.40. The molecule has 0 saturated carbocycles. The average Bonchev–Trinajstić information content (AvgIpc) is 2.47. The molecule has 0 aliphatic carbocycles. The fourth-order valence-corrected chi connectivity index (χ4v) is 1.73. The number of nitrogens with zero attached hydrogens (tertiary/aromatic N) is 2. The molecule has 0 aliphatic heterocycles. The molecule has 106 valence electrons. The van der Waals surface area contributed by atoms with Gasteiger partial charge in [-0.25, -0.2) is 9.79 Å². The van der Waals surface area contributed by atoms with Crippen LogP contribution in [0.15, 0.2) is 29.3 Å². The minimum Gasteiger partial charge on any atom is -0.462 e. The molecule has 0 spiro atoms. The van der Waals surface area contributed by atoms with E-state index in [1.165, 1.54) is 11.8 Å². The number of carbonyl (C=O) groups is 1. The van der Waals surface area contributed by atoms with Crippen LogP contribution in [0.25, 0.3) is 0 Å². The van der Waals surface area contributed by atoms with E-state index in [-0.39, 0.29) is 5.97 Å². The van der Waals surface area contributed by atoms with E-state index in [1.807, 2.05) is 19.4 Å². The summed E-state index contributed by atoms with van der Waals surface area (Å²) in [6.07, 6.45) is 5.46. The number of ether oxygens (including phenoxy) is 1. The maximum absolute atomic E-state index is 11.8. The Morgan fingerprint density at radius 1 is 1.55 bits per heavy atom. The molecule has 0 fully saturated rings. The van der Waals surface area contributed by atoms with Crippen molar-refractivity contribution in [3.05, 3.63) is 29.8 Å². The molecule has 0 atom stereocenters. The molecule has 20 heavy (non-hydrogen) atoms. The summed E-state index contributed by atoms with van der Waals surface area (Å²) in [5.74, 6) is -0.352. The molecule has 0 amide bonds. The van der Waals surface area contributed by atoms with Gasteiger partial charge >= 0.3 is 5.97 Å². The van der Waals surface area contributed by atoms with Gasteiger partial charge in [0.05, 0.1) is 17.9 Å². The quantitative estimate of drug-likeness (QED) is 0.225. The van der Waals surface area contributed by atoms with E-state index in [1.54, 1.807) is 24.3 Å². The largest absolute Gasteiger partial charge is 0.462 e. The van der Waals surface area contributed by atoms with Gasteiger partial charge in [-0.1, -0.05) is 31.2 Å². The van der Waals surface area contributed by atoms with E-state index in [4.69, 9.17) is 10.00 Å². The predicted octanol–water partition coefficient (Wildman–Crippen LogP) is 3.06. The molecule has 1 rings (SSSR count). The first-order chi connectivity index (χ1) is 9.71. The van der Waals surface area contributed by atoms with Crippen LogP contribution in [0, 0.1) is 11.5 Å². The maximum atomic E-state index is 11.8. The summed E-state index contributed by atoms with van der Waals surface area (Å²) in [7, 11) is 0. The van der Waals surface area contributed by atoms with Gasteiger partial charge in [-0.3, -0.25) is 5.32 Å². The average molecular weight is 291 g/mol. The lowest BCUT2D eigenvalue weighted by atomic mass is 10.2. The highest BCUT2D eigenvalue weighted by atomic mass is 32.2. The third-order valence-corrected chi connectivity index (χ3v) is 2.98. The minimum atomic E-state index is -0.352. The summed E-state index contributed by atoms with van der Waals surface area (Å²) < 4.78 is 5.14. The molecule has 1 N–H and O–H groups in total. The number of unbranched alkanes of at least 4 members (excludes halogenated alkanes) is 1. The standard InChI is InChI=1S/C14H17N3O2S/c1-3-4-8-19-13(18)11-6-5-7-12(9-11)17-14(20-2)16-10-15/h5-7,9H,3-4,8H2,1-2H3,(H,16,17). The summed E-state index contributed by atoms with van der Waals surface area (Å²) in [6.45, 7) is 2.46.